The van der Waals surface area contributed by atoms with Crippen LogP contribution in [0.4, 0.5) is 0 Å². The first-order valence-corrected chi connectivity index (χ1v) is 11.2. The summed E-state index contributed by atoms with van der Waals surface area (Å²) in [6.07, 6.45) is 1.99. The molecular weight excluding hydrogens is 430 g/mol. The summed E-state index contributed by atoms with van der Waals surface area (Å²) in [7, 11) is 1.39. The number of furan rings is 1. The van der Waals surface area contributed by atoms with Gasteiger partial charge in [0.2, 0.25) is 0 Å². The number of carbonyl (C=O) groups excluding carboxylic acids is 1. The summed E-state index contributed by atoms with van der Waals surface area (Å²) in [6, 6.07) is 17.6. The molecule has 0 amide bonds. The van der Waals surface area contributed by atoms with Crippen LogP contribution in [0.25, 0.3) is 0 Å². The molecule has 0 bridgehead atoms. The third kappa shape index (κ3) is 4.91. The van der Waals surface area contributed by atoms with E-state index >= 15 is 0 Å². The summed E-state index contributed by atoms with van der Waals surface area (Å²) in [5.41, 5.74) is 2.08. The predicted octanol–water partition coefficient (Wildman–Crippen LogP) is 4.67. The fourth-order valence-electron chi connectivity index (χ4n) is 3.54. The lowest BCUT2D eigenvalue weighted by Crippen LogP contribution is -2.31. The number of hydrogen-bond acceptors (Lipinski definition) is 6. The molecule has 0 spiro atoms. The van der Waals surface area contributed by atoms with Gasteiger partial charge in [0.15, 0.2) is 10.2 Å². The molecule has 0 aliphatic carbocycles. The van der Waals surface area contributed by atoms with Crippen molar-refractivity contribution in [2.75, 3.05) is 13.7 Å². The molecule has 8 heteroatoms. The number of esters is 1. The van der Waals surface area contributed by atoms with Crippen molar-refractivity contribution in [1.82, 2.24) is 15.2 Å². The highest BCUT2D eigenvalue weighted by molar-refractivity contribution is 7.99. The van der Waals surface area contributed by atoms with Crippen LogP contribution in [0, 0.1) is 6.92 Å². The molecule has 3 aromatic rings. The molecule has 0 radical (unpaired) electrons. The second-order valence-electron chi connectivity index (χ2n) is 7.22. The van der Waals surface area contributed by atoms with Crippen molar-refractivity contribution in [1.29, 1.82) is 0 Å². The molecule has 0 unspecified atom stereocenters. The van der Waals surface area contributed by atoms with E-state index in [9.17, 15) is 4.79 Å². The Morgan fingerprint density at radius 2 is 2.03 bits per heavy atom. The molecule has 6 nitrogen and oxygen atoms in total. The molecule has 1 N–H and O–H groups in total. The van der Waals surface area contributed by atoms with Crippen molar-refractivity contribution in [2.45, 2.75) is 35.4 Å². The largest absolute Gasteiger partial charge is 0.469 e. The predicted molar refractivity (Wildman–Crippen MR) is 123 cm³/mol. The van der Waals surface area contributed by atoms with Crippen LogP contribution < -0.4 is 5.32 Å². The normalized spacial score (nSPS) is 18.1. The second-order valence-corrected chi connectivity index (χ2v) is 8.68. The number of nitrogens with one attached hydrogen (secondary N) is 1. The minimum Gasteiger partial charge on any atom is -0.469 e. The topological polar surface area (TPSA) is 67.6 Å². The van der Waals surface area contributed by atoms with E-state index in [0.717, 1.165) is 21.4 Å². The standard InChI is InChI=1S/C23H23N3O3S2/c1-15-6-8-16(9-7-15)31-20-11-10-18(29-20)22-21(17-5-3-4-13-24-17)25-23(30)26(22)14-12-19(27)28-2/h3-11,13,21-22H,12,14H2,1-2H3,(H,25,30)/t21-,22+/m0/s1. The molecule has 1 aliphatic heterocycles. The Hall–Kier alpha value is -2.84. The van der Waals surface area contributed by atoms with Crippen molar-refractivity contribution in [3.8, 4) is 0 Å². The number of rotatable bonds is 7. The van der Waals surface area contributed by atoms with Gasteiger partial charge in [-0.3, -0.25) is 9.78 Å². The summed E-state index contributed by atoms with van der Waals surface area (Å²) < 4.78 is 11.1. The average molecular weight is 454 g/mol. The smallest absolute Gasteiger partial charge is 0.307 e. The van der Waals surface area contributed by atoms with E-state index in [0.29, 0.717) is 11.7 Å². The first kappa shape index (κ1) is 21.4. The summed E-state index contributed by atoms with van der Waals surface area (Å²) >= 11 is 7.16. The Morgan fingerprint density at radius 1 is 1.23 bits per heavy atom. The van der Waals surface area contributed by atoms with Crippen molar-refractivity contribution in [2.24, 2.45) is 0 Å². The Bertz CT molecular complexity index is 1050. The maximum atomic E-state index is 11.7. The Kier molecular flexibility index (Phi) is 6.58. The molecule has 0 saturated carbocycles. The van der Waals surface area contributed by atoms with Crippen LogP contribution in [0.2, 0.25) is 0 Å². The first-order valence-electron chi connectivity index (χ1n) is 9.94. The van der Waals surface area contributed by atoms with Crippen LogP contribution in [0.3, 0.4) is 0 Å². The van der Waals surface area contributed by atoms with E-state index in [1.807, 2.05) is 35.2 Å². The minimum absolute atomic E-state index is 0.185. The number of nitrogens with zero attached hydrogens (tertiary/aromatic N) is 2. The fourth-order valence-corrected chi connectivity index (χ4v) is 4.65. The number of hydrogen-bond donors (Lipinski definition) is 1. The number of methoxy groups -OCH3 is 1. The number of ether oxygens (including phenoxy) is 1. The molecule has 2 atom stereocenters. The van der Waals surface area contributed by atoms with E-state index in [1.54, 1.807) is 18.0 Å². The van der Waals surface area contributed by atoms with Gasteiger partial charge in [0, 0.05) is 17.6 Å². The first-order chi connectivity index (χ1) is 15.0. The summed E-state index contributed by atoms with van der Waals surface area (Å²) in [5, 5.41) is 4.71. The molecule has 1 aliphatic rings. The van der Waals surface area contributed by atoms with Crippen LogP contribution in [0.15, 0.2) is 75.2 Å². The molecule has 4 rings (SSSR count). The zero-order valence-electron chi connectivity index (χ0n) is 17.3. The molecule has 2 aromatic heterocycles. The maximum absolute atomic E-state index is 11.7. The quantitative estimate of drug-likeness (QED) is 0.409. The molecule has 1 aromatic carbocycles. The zero-order valence-corrected chi connectivity index (χ0v) is 18.9. The van der Waals surface area contributed by atoms with Crippen LogP contribution in [-0.4, -0.2) is 34.6 Å². The third-order valence-corrected chi connectivity index (χ3v) is 6.40. The van der Waals surface area contributed by atoms with Gasteiger partial charge in [-0.15, -0.1) is 0 Å². The van der Waals surface area contributed by atoms with Gasteiger partial charge >= 0.3 is 5.97 Å². The monoisotopic (exact) mass is 453 g/mol. The zero-order chi connectivity index (χ0) is 21.8. The molecule has 31 heavy (non-hydrogen) atoms. The van der Waals surface area contributed by atoms with E-state index in [-0.39, 0.29) is 24.5 Å². The molecule has 3 heterocycles. The van der Waals surface area contributed by atoms with Crippen LogP contribution in [0.1, 0.15) is 35.5 Å². The fraction of sp³-hybridized carbons (Fsp3) is 0.261. The van der Waals surface area contributed by atoms with E-state index in [1.165, 1.54) is 12.7 Å². The number of carbonyl (C=O) groups is 1. The van der Waals surface area contributed by atoms with Gasteiger partial charge < -0.3 is 19.4 Å². The van der Waals surface area contributed by atoms with E-state index in [4.69, 9.17) is 21.4 Å². The highest BCUT2D eigenvalue weighted by Crippen LogP contribution is 2.41. The van der Waals surface area contributed by atoms with Gasteiger partial charge in [-0.2, -0.15) is 0 Å². The molecule has 1 saturated heterocycles. The lowest BCUT2D eigenvalue weighted by atomic mass is 10.0. The number of pyridine rings is 1. The van der Waals surface area contributed by atoms with Gasteiger partial charge in [0.1, 0.15) is 11.8 Å². The van der Waals surface area contributed by atoms with Gasteiger partial charge in [0.05, 0.1) is 25.3 Å². The SMILES string of the molecule is COC(=O)CCN1C(=S)N[C@@H](c2ccccn2)[C@H]1c1ccc(Sc2ccc(C)cc2)o1. The van der Waals surface area contributed by atoms with Crippen LogP contribution >= 0.6 is 24.0 Å². The van der Waals surface area contributed by atoms with Gasteiger partial charge in [-0.1, -0.05) is 35.5 Å². The van der Waals surface area contributed by atoms with Crippen LogP contribution in [0.5, 0.6) is 0 Å². The lowest BCUT2D eigenvalue weighted by Gasteiger charge is -2.25. The minimum atomic E-state index is -0.280. The molecule has 1 fully saturated rings. The van der Waals surface area contributed by atoms with Crippen molar-refractivity contribution in [3.05, 3.63) is 77.8 Å². The second kappa shape index (κ2) is 9.53. The van der Waals surface area contributed by atoms with Crippen molar-refractivity contribution in [3.63, 3.8) is 0 Å². The molecule has 160 valence electrons. The summed E-state index contributed by atoms with van der Waals surface area (Å²) in [4.78, 5) is 19.3. The maximum Gasteiger partial charge on any atom is 0.307 e. The highest BCUT2D eigenvalue weighted by Gasteiger charge is 2.41. The summed E-state index contributed by atoms with van der Waals surface area (Å²) in [5.74, 6) is 0.486. The lowest BCUT2D eigenvalue weighted by molar-refractivity contribution is -0.140. The summed E-state index contributed by atoms with van der Waals surface area (Å²) in [6.45, 7) is 2.49. The Morgan fingerprint density at radius 3 is 2.74 bits per heavy atom. The number of thiocarbonyl (C=S) groups is 1. The highest BCUT2D eigenvalue weighted by atomic mass is 32.2. The average Bonchev–Trinajstić information content (AvgIpc) is 3.38. The third-order valence-electron chi connectivity index (χ3n) is 5.12. The van der Waals surface area contributed by atoms with Gasteiger partial charge in [0.25, 0.3) is 0 Å². The van der Waals surface area contributed by atoms with Crippen molar-refractivity contribution < 1.29 is 13.9 Å². The number of benzene rings is 1. The Balaban J connectivity index is 1.61. The van der Waals surface area contributed by atoms with Gasteiger partial charge in [-0.25, -0.2) is 0 Å². The van der Waals surface area contributed by atoms with Crippen LogP contribution in [-0.2, 0) is 9.53 Å². The van der Waals surface area contributed by atoms with Gasteiger partial charge in [-0.05, 0) is 55.5 Å². The number of aromatic nitrogens is 1. The molecular formula is C23H23N3O3S2. The van der Waals surface area contributed by atoms with E-state index < -0.39 is 0 Å². The number of aryl methyl sites for hydroxylation is 1. The van der Waals surface area contributed by atoms with E-state index in [2.05, 4.69) is 41.5 Å². The Labute approximate surface area is 191 Å². The van der Waals surface area contributed by atoms with Crippen molar-refractivity contribution >= 4 is 35.1 Å².